The van der Waals surface area contributed by atoms with E-state index in [1.165, 1.54) is 0 Å². The molecule has 1 N–H and O–H groups in total. The molecule has 5 heteroatoms. The second-order valence-electron chi connectivity index (χ2n) is 4.23. The van der Waals surface area contributed by atoms with Crippen molar-refractivity contribution in [2.24, 2.45) is 0 Å². The third-order valence-electron chi connectivity index (χ3n) is 2.25. The molecule has 0 fully saturated rings. The van der Waals surface area contributed by atoms with Crippen LogP contribution in [0.5, 0.6) is 0 Å². The number of carbonyl (C=O) groups is 1. The van der Waals surface area contributed by atoms with Crippen molar-refractivity contribution < 1.29 is 4.79 Å². The number of aromatic nitrogens is 1. The maximum atomic E-state index is 11.8. The Bertz CT molecular complexity index is 373. The van der Waals surface area contributed by atoms with Gasteiger partial charge in [-0.3, -0.25) is 4.79 Å². The SMILES string of the molecule is Cc1cc(C(=O)NCCCN(C)C)cc(Cl)n1. The Morgan fingerprint density at radius 3 is 2.76 bits per heavy atom. The van der Waals surface area contributed by atoms with Crippen LogP contribution in [0.15, 0.2) is 12.1 Å². The first-order chi connectivity index (χ1) is 7.99. The zero-order chi connectivity index (χ0) is 12.8. The summed E-state index contributed by atoms with van der Waals surface area (Å²) in [5.41, 5.74) is 1.31. The van der Waals surface area contributed by atoms with Crippen molar-refractivity contribution in [3.63, 3.8) is 0 Å². The quantitative estimate of drug-likeness (QED) is 0.644. The van der Waals surface area contributed by atoms with E-state index in [9.17, 15) is 4.79 Å². The average Bonchev–Trinajstić information content (AvgIpc) is 2.22. The molecule has 1 heterocycles. The summed E-state index contributed by atoms with van der Waals surface area (Å²) in [4.78, 5) is 17.9. The van der Waals surface area contributed by atoms with Gasteiger partial charge in [-0.1, -0.05) is 11.6 Å². The molecule has 0 spiro atoms. The number of rotatable bonds is 5. The second kappa shape index (κ2) is 6.57. The lowest BCUT2D eigenvalue weighted by molar-refractivity contribution is 0.0952. The summed E-state index contributed by atoms with van der Waals surface area (Å²) in [6, 6.07) is 3.31. The van der Waals surface area contributed by atoms with Gasteiger partial charge in [0.25, 0.3) is 5.91 Å². The number of nitrogens with zero attached hydrogens (tertiary/aromatic N) is 2. The summed E-state index contributed by atoms with van der Waals surface area (Å²) in [7, 11) is 4.02. The number of amides is 1. The van der Waals surface area contributed by atoms with Crippen LogP contribution in [0.4, 0.5) is 0 Å². The maximum Gasteiger partial charge on any atom is 0.251 e. The molecule has 94 valence electrons. The van der Waals surface area contributed by atoms with Gasteiger partial charge in [-0.05, 0) is 46.1 Å². The summed E-state index contributed by atoms with van der Waals surface area (Å²) in [6.45, 7) is 3.43. The molecule has 0 saturated carbocycles. The smallest absolute Gasteiger partial charge is 0.251 e. The lowest BCUT2D eigenvalue weighted by atomic mass is 10.2. The molecule has 0 bridgehead atoms. The molecular formula is C12H18ClN3O. The highest BCUT2D eigenvalue weighted by molar-refractivity contribution is 6.29. The molecule has 0 aliphatic heterocycles. The van der Waals surface area contributed by atoms with Crippen LogP contribution in [0.25, 0.3) is 0 Å². The van der Waals surface area contributed by atoms with E-state index < -0.39 is 0 Å². The molecule has 1 amide bonds. The second-order valence-corrected chi connectivity index (χ2v) is 4.62. The number of carbonyl (C=O) groups excluding carboxylic acids is 1. The monoisotopic (exact) mass is 255 g/mol. The van der Waals surface area contributed by atoms with Crippen molar-refractivity contribution >= 4 is 17.5 Å². The molecule has 1 rings (SSSR count). The standard InChI is InChI=1S/C12H18ClN3O/c1-9-7-10(8-11(13)15-9)12(17)14-5-4-6-16(2)3/h7-8H,4-6H2,1-3H3,(H,14,17). The highest BCUT2D eigenvalue weighted by atomic mass is 35.5. The van der Waals surface area contributed by atoms with Crippen LogP contribution < -0.4 is 5.32 Å². The number of nitrogens with one attached hydrogen (secondary N) is 1. The topological polar surface area (TPSA) is 45.2 Å². The Morgan fingerprint density at radius 2 is 2.18 bits per heavy atom. The summed E-state index contributed by atoms with van der Waals surface area (Å²) >= 11 is 5.80. The largest absolute Gasteiger partial charge is 0.352 e. The van der Waals surface area contributed by atoms with Gasteiger partial charge < -0.3 is 10.2 Å². The Hall–Kier alpha value is -1.13. The first-order valence-corrected chi connectivity index (χ1v) is 5.94. The van der Waals surface area contributed by atoms with Gasteiger partial charge >= 0.3 is 0 Å². The molecule has 1 aromatic heterocycles. The van der Waals surface area contributed by atoms with Crippen LogP contribution in [0.3, 0.4) is 0 Å². The van der Waals surface area contributed by atoms with Gasteiger partial charge in [0.15, 0.2) is 0 Å². The number of pyridine rings is 1. The van der Waals surface area contributed by atoms with Gasteiger partial charge in [0, 0.05) is 17.8 Å². The fourth-order valence-corrected chi connectivity index (χ4v) is 1.71. The van der Waals surface area contributed by atoms with Crippen molar-refractivity contribution in [3.05, 3.63) is 28.5 Å². The molecule has 0 atom stereocenters. The average molecular weight is 256 g/mol. The van der Waals surface area contributed by atoms with E-state index in [1.807, 2.05) is 21.0 Å². The molecule has 4 nitrogen and oxygen atoms in total. The summed E-state index contributed by atoms with van der Waals surface area (Å²) in [6.07, 6.45) is 0.927. The minimum absolute atomic E-state index is 0.101. The molecule has 0 radical (unpaired) electrons. The normalized spacial score (nSPS) is 10.6. The predicted octanol–water partition coefficient (Wildman–Crippen LogP) is 1.72. The van der Waals surface area contributed by atoms with E-state index in [0.29, 0.717) is 17.3 Å². The Balaban J connectivity index is 2.47. The molecule has 1 aromatic rings. The van der Waals surface area contributed by atoms with E-state index in [2.05, 4.69) is 15.2 Å². The Labute approximate surface area is 107 Å². The van der Waals surface area contributed by atoms with E-state index in [0.717, 1.165) is 18.7 Å². The first-order valence-electron chi connectivity index (χ1n) is 5.56. The zero-order valence-corrected chi connectivity index (χ0v) is 11.2. The van der Waals surface area contributed by atoms with Crippen molar-refractivity contribution in [2.45, 2.75) is 13.3 Å². The lowest BCUT2D eigenvalue weighted by Crippen LogP contribution is -2.27. The van der Waals surface area contributed by atoms with Crippen LogP contribution in [0.1, 0.15) is 22.5 Å². The number of aryl methyl sites for hydroxylation is 1. The maximum absolute atomic E-state index is 11.8. The van der Waals surface area contributed by atoms with Gasteiger partial charge in [0.1, 0.15) is 5.15 Å². The zero-order valence-electron chi connectivity index (χ0n) is 10.5. The molecule has 0 saturated heterocycles. The van der Waals surface area contributed by atoms with E-state index in [1.54, 1.807) is 12.1 Å². The van der Waals surface area contributed by atoms with Gasteiger partial charge in [-0.2, -0.15) is 0 Å². The Kier molecular flexibility index (Phi) is 5.38. The first kappa shape index (κ1) is 13.9. The minimum atomic E-state index is -0.101. The van der Waals surface area contributed by atoms with Crippen LogP contribution >= 0.6 is 11.6 Å². The molecule has 0 aromatic carbocycles. The lowest BCUT2D eigenvalue weighted by Gasteiger charge is -2.10. The van der Waals surface area contributed by atoms with Gasteiger partial charge in [-0.25, -0.2) is 4.98 Å². The van der Waals surface area contributed by atoms with Crippen molar-refractivity contribution in [1.29, 1.82) is 0 Å². The van der Waals surface area contributed by atoms with Crippen molar-refractivity contribution in [2.75, 3.05) is 27.2 Å². The highest BCUT2D eigenvalue weighted by Gasteiger charge is 2.07. The van der Waals surface area contributed by atoms with E-state index >= 15 is 0 Å². The fourth-order valence-electron chi connectivity index (χ4n) is 1.46. The number of hydrogen-bond acceptors (Lipinski definition) is 3. The molecule has 0 unspecified atom stereocenters. The van der Waals surface area contributed by atoms with E-state index in [-0.39, 0.29) is 5.91 Å². The third kappa shape index (κ3) is 5.15. The molecular weight excluding hydrogens is 238 g/mol. The van der Waals surface area contributed by atoms with Crippen LogP contribution in [-0.4, -0.2) is 43.0 Å². The fraction of sp³-hybridized carbons (Fsp3) is 0.500. The highest BCUT2D eigenvalue weighted by Crippen LogP contribution is 2.10. The van der Waals surface area contributed by atoms with Crippen LogP contribution in [-0.2, 0) is 0 Å². The van der Waals surface area contributed by atoms with Gasteiger partial charge in [0.2, 0.25) is 0 Å². The number of hydrogen-bond donors (Lipinski definition) is 1. The van der Waals surface area contributed by atoms with Crippen molar-refractivity contribution in [1.82, 2.24) is 15.2 Å². The van der Waals surface area contributed by atoms with Crippen LogP contribution in [0.2, 0.25) is 5.15 Å². The van der Waals surface area contributed by atoms with Crippen molar-refractivity contribution in [3.8, 4) is 0 Å². The van der Waals surface area contributed by atoms with Gasteiger partial charge in [0.05, 0.1) is 0 Å². The summed E-state index contributed by atoms with van der Waals surface area (Å²) in [5, 5.41) is 3.21. The minimum Gasteiger partial charge on any atom is -0.352 e. The van der Waals surface area contributed by atoms with E-state index in [4.69, 9.17) is 11.6 Å². The summed E-state index contributed by atoms with van der Waals surface area (Å²) < 4.78 is 0. The number of halogens is 1. The Morgan fingerprint density at radius 1 is 1.47 bits per heavy atom. The summed E-state index contributed by atoms with van der Waals surface area (Å²) in [5.74, 6) is -0.101. The molecule has 17 heavy (non-hydrogen) atoms. The molecule has 0 aliphatic rings. The third-order valence-corrected chi connectivity index (χ3v) is 2.45. The van der Waals surface area contributed by atoms with Gasteiger partial charge in [-0.15, -0.1) is 0 Å². The molecule has 0 aliphatic carbocycles. The predicted molar refractivity (Wildman–Crippen MR) is 69.5 cm³/mol. The van der Waals surface area contributed by atoms with Crippen LogP contribution in [0, 0.1) is 6.92 Å².